The number of benzene rings is 1. The lowest BCUT2D eigenvalue weighted by Crippen LogP contribution is -2.60. The Morgan fingerprint density at radius 3 is 2.57 bits per heavy atom. The fourth-order valence-electron chi connectivity index (χ4n) is 9.52. The summed E-state index contributed by atoms with van der Waals surface area (Å²) in [7, 11) is -3.92. The summed E-state index contributed by atoms with van der Waals surface area (Å²) in [6, 6.07) is 5.44. The van der Waals surface area contributed by atoms with E-state index in [1.807, 2.05) is 45.0 Å². The lowest BCUT2D eigenvalue weighted by Gasteiger charge is -2.35. The van der Waals surface area contributed by atoms with Crippen LogP contribution >= 0.6 is 0 Å². The van der Waals surface area contributed by atoms with Crippen LogP contribution in [0.4, 0.5) is 4.79 Å². The van der Waals surface area contributed by atoms with Crippen molar-refractivity contribution in [3.05, 3.63) is 54.6 Å². The van der Waals surface area contributed by atoms with Gasteiger partial charge in [-0.05, 0) is 81.3 Å². The van der Waals surface area contributed by atoms with E-state index in [2.05, 4.69) is 39.0 Å². The van der Waals surface area contributed by atoms with E-state index in [4.69, 9.17) is 23.9 Å². The van der Waals surface area contributed by atoms with Crippen molar-refractivity contribution in [2.75, 3.05) is 46.0 Å². The van der Waals surface area contributed by atoms with Gasteiger partial charge in [0.15, 0.2) is 0 Å². The third kappa shape index (κ3) is 10.00. The number of alkyl carbamates (subject to hydrolysis) is 1. The van der Waals surface area contributed by atoms with Gasteiger partial charge in [0.25, 0.3) is 5.91 Å². The molecule has 8 rings (SSSR count). The van der Waals surface area contributed by atoms with Crippen molar-refractivity contribution in [3.63, 3.8) is 0 Å². The number of sulfonamides is 1. The zero-order valence-electron chi connectivity index (χ0n) is 36.6. The number of ether oxygens (including phenoxy) is 4. The van der Waals surface area contributed by atoms with Crippen LogP contribution in [0.25, 0.3) is 10.9 Å². The minimum Gasteiger partial charge on any atom is -0.491 e. The first-order valence-corrected chi connectivity index (χ1v) is 24.2. The number of hydrogen-bond donors (Lipinski definition) is 3. The van der Waals surface area contributed by atoms with Gasteiger partial charge in [-0.25, -0.2) is 18.2 Å². The van der Waals surface area contributed by atoms with Gasteiger partial charge in [0.2, 0.25) is 27.7 Å². The van der Waals surface area contributed by atoms with E-state index in [1.165, 1.54) is 11.0 Å². The third-order valence-electron chi connectivity index (χ3n) is 13.5. The van der Waals surface area contributed by atoms with Gasteiger partial charge in [0.05, 0.1) is 36.1 Å². The number of morpholine rings is 1. The van der Waals surface area contributed by atoms with Gasteiger partial charge in [0, 0.05) is 37.4 Å². The standard InChI is InChI=1S/C46H62N6O10S/c1-5-30-27-46(30,43(55)50-63(57,58)32-18-19-32)49-40(53)36-26-31-28-52(36)42(54)39(45(2,3)4)48-44(56)62-37-17-11-13-29(37)12-7-6-8-15-34-38(60-25-22-51-20-23-59-24-21-51)33-14-9-10-16-35(33)47-41(34)61-31/h5-6,8-10,14,16,29-32,36-37,39H,1,7,11-13,15,17-28H2,2-4H3,(H,48,56)(H,49,53)(H,50,55)/b8-6+/t29-,30-,31-,36+,37-,39-,46-/m1/s1. The molecule has 3 aliphatic carbocycles. The van der Waals surface area contributed by atoms with E-state index in [-0.39, 0.29) is 31.4 Å². The van der Waals surface area contributed by atoms with Crippen LogP contribution in [0.15, 0.2) is 49.1 Å². The van der Waals surface area contributed by atoms with Gasteiger partial charge in [-0.15, -0.1) is 6.58 Å². The van der Waals surface area contributed by atoms with E-state index >= 15 is 0 Å². The highest BCUT2D eigenvalue weighted by atomic mass is 32.2. The maximum Gasteiger partial charge on any atom is 0.408 e. The largest absolute Gasteiger partial charge is 0.491 e. The zero-order chi connectivity index (χ0) is 44.5. The number of para-hydroxylation sites is 1. The van der Waals surface area contributed by atoms with E-state index in [9.17, 15) is 27.6 Å². The highest BCUT2D eigenvalue weighted by Gasteiger charge is 2.62. The van der Waals surface area contributed by atoms with E-state index in [0.717, 1.165) is 56.1 Å². The molecule has 16 nitrogen and oxygen atoms in total. The van der Waals surface area contributed by atoms with E-state index in [0.29, 0.717) is 62.8 Å². The molecule has 4 amide bonds. The Hall–Kier alpha value is -4.74. The molecule has 6 aliphatic rings. The summed E-state index contributed by atoms with van der Waals surface area (Å²) in [5.74, 6) is -1.43. The van der Waals surface area contributed by atoms with Crippen molar-refractivity contribution in [1.82, 2.24) is 30.1 Å². The van der Waals surface area contributed by atoms with Gasteiger partial charge in [-0.2, -0.15) is 0 Å². The number of nitrogens with zero attached hydrogens (tertiary/aromatic N) is 3. The quantitative estimate of drug-likeness (QED) is 0.289. The molecule has 4 heterocycles. The van der Waals surface area contributed by atoms with E-state index in [1.54, 1.807) is 0 Å². The van der Waals surface area contributed by atoms with E-state index < -0.39 is 74.1 Å². The molecule has 17 heteroatoms. The van der Waals surface area contributed by atoms with Crippen LogP contribution in [0, 0.1) is 17.3 Å². The first-order chi connectivity index (χ1) is 30.2. The van der Waals surface area contributed by atoms with Crippen molar-refractivity contribution in [2.24, 2.45) is 17.3 Å². The summed E-state index contributed by atoms with van der Waals surface area (Å²) >= 11 is 0. The van der Waals surface area contributed by atoms with Crippen LogP contribution in [0.5, 0.6) is 11.6 Å². The first kappa shape index (κ1) is 44.9. The van der Waals surface area contributed by atoms with Crippen LogP contribution in [0.2, 0.25) is 0 Å². The molecule has 3 saturated carbocycles. The van der Waals surface area contributed by atoms with Crippen molar-refractivity contribution in [1.29, 1.82) is 0 Å². The molecule has 2 aromatic rings. The molecule has 0 radical (unpaired) electrons. The Labute approximate surface area is 369 Å². The second-order valence-corrected chi connectivity index (χ2v) is 21.0. The monoisotopic (exact) mass is 890 g/mol. The van der Waals surface area contributed by atoms with Crippen LogP contribution in [0.1, 0.15) is 84.1 Å². The Balaban J connectivity index is 1.15. The molecule has 63 heavy (non-hydrogen) atoms. The number of nitrogens with one attached hydrogen (secondary N) is 3. The Morgan fingerprint density at radius 1 is 1.06 bits per heavy atom. The molecular formula is C46H62N6O10S. The van der Waals surface area contributed by atoms with Gasteiger partial charge in [-0.1, -0.05) is 51.1 Å². The number of carbonyl (C=O) groups is 4. The zero-order valence-corrected chi connectivity index (χ0v) is 37.5. The van der Waals surface area contributed by atoms with Crippen molar-refractivity contribution in [3.8, 4) is 11.6 Å². The topological polar surface area (TPSA) is 195 Å². The molecule has 0 unspecified atom stereocenters. The van der Waals surface area contributed by atoms with Crippen molar-refractivity contribution >= 4 is 44.7 Å². The Bertz CT molecular complexity index is 2220. The average molecular weight is 891 g/mol. The smallest absolute Gasteiger partial charge is 0.408 e. The second-order valence-electron chi connectivity index (χ2n) is 19.0. The van der Waals surface area contributed by atoms with Crippen LogP contribution in [-0.2, 0) is 40.3 Å². The SMILES string of the molecule is C=C[C@@H]1C[C@]1(NC(=O)[C@@H]1C[C@@H]2CN1C(=O)[C@H](C(C)(C)C)NC(=O)O[C@@H]1CCC[C@H]1CC/C=C/Cc1c(nc3ccccc3c1OCCN1CCOCC1)O2)C(=O)NS(=O)(=O)C1CC1. The number of hydrogen-bond acceptors (Lipinski definition) is 12. The molecule has 3 N–H and O–H groups in total. The fraction of sp³-hybridized carbons (Fsp3) is 0.630. The maximum absolute atomic E-state index is 14.9. The van der Waals surface area contributed by atoms with Crippen LogP contribution in [-0.4, -0.2) is 128 Å². The summed E-state index contributed by atoms with van der Waals surface area (Å²) in [5, 5.41) is 5.91. The molecule has 1 aromatic carbocycles. The predicted molar refractivity (Wildman–Crippen MR) is 234 cm³/mol. The lowest BCUT2D eigenvalue weighted by molar-refractivity contribution is -0.143. The summed E-state index contributed by atoms with van der Waals surface area (Å²) in [4.78, 5) is 65.7. The van der Waals surface area contributed by atoms with Gasteiger partial charge in [-0.3, -0.25) is 24.0 Å². The minimum absolute atomic E-state index is 0.0104. The highest BCUT2D eigenvalue weighted by Crippen LogP contribution is 2.46. The van der Waals surface area contributed by atoms with Crippen molar-refractivity contribution < 1.29 is 46.5 Å². The number of rotatable bonds is 10. The second kappa shape index (κ2) is 18.4. The number of aromatic nitrogens is 1. The average Bonchev–Trinajstić information content (AvgIpc) is 4.15. The number of pyridine rings is 1. The normalized spacial score (nSPS) is 30.0. The molecule has 1 aromatic heterocycles. The summed E-state index contributed by atoms with van der Waals surface area (Å²) in [6.07, 6.45) is 9.64. The molecule has 342 valence electrons. The van der Waals surface area contributed by atoms with Crippen LogP contribution < -0.4 is 24.8 Å². The highest BCUT2D eigenvalue weighted by molar-refractivity contribution is 7.91. The first-order valence-electron chi connectivity index (χ1n) is 22.6. The summed E-state index contributed by atoms with van der Waals surface area (Å²) in [6.45, 7) is 13.4. The molecular weight excluding hydrogens is 829 g/mol. The number of carbonyl (C=O) groups excluding carboxylic acids is 4. The Morgan fingerprint density at radius 2 is 1.84 bits per heavy atom. The maximum atomic E-state index is 14.9. The lowest BCUT2D eigenvalue weighted by atomic mass is 9.85. The van der Waals surface area contributed by atoms with Gasteiger partial charge >= 0.3 is 6.09 Å². The Kier molecular flexibility index (Phi) is 13.1. The predicted octanol–water partition coefficient (Wildman–Crippen LogP) is 4.17. The van der Waals surface area contributed by atoms with Crippen LogP contribution in [0.3, 0.4) is 0 Å². The fourth-order valence-corrected chi connectivity index (χ4v) is 10.9. The molecule has 0 spiro atoms. The molecule has 5 fully saturated rings. The van der Waals surface area contributed by atoms with Gasteiger partial charge < -0.3 is 34.5 Å². The molecule has 3 aliphatic heterocycles. The number of fused-ring (bicyclic) bond motifs is 5. The minimum atomic E-state index is -3.92. The number of allylic oxidation sites excluding steroid dienone is 2. The summed E-state index contributed by atoms with van der Waals surface area (Å²) < 4.78 is 53.0. The molecule has 7 atom stereocenters. The number of amides is 4. The summed E-state index contributed by atoms with van der Waals surface area (Å²) in [5.41, 5.74) is -0.998. The molecule has 2 saturated heterocycles. The third-order valence-corrected chi connectivity index (χ3v) is 15.3. The molecule has 2 bridgehead atoms. The van der Waals surface area contributed by atoms with Crippen molar-refractivity contribution in [2.45, 2.75) is 120 Å². The van der Waals surface area contributed by atoms with Gasteiger partial charge in [0.1, 0.15) is 42.2 Å².